The third kappa shape index (κ3) is 4.64. The lowest BCUT2D eigenvalue weighted by atomic mass is 10.1. The zero-order valence-electron chi connectivity index (χ0n) is 14.6. The highest BCUT2D eigenvalue weighted by molar-refractivity contribution is 9.10. The first kappa shape index (κ1) is 20.2. The molecule has 2 aromatic rings. The van der Waals surface area contributed by atoms with Crippen LogP contribution in [0.1, 0.15) is 29.9 Å². The molecule has 1 aliphatic heterocycles. The Morgan fingerprint density at radius 1 is 1.36 bits per heavy atom. The molecule has 0 spiro atoms. The van der Waals surface area contributed by atoms with Gasteiger partial charge in [0.05, 0.1) is 0 Å². The van der Waals surface area contributed by atoms with Gasteiger partial charge in [0, 0.05) is 22.3 Å². The Labute approximate surface area is 166 Å². The highest BCUT2D eigenvalue weighted by atomic mass is 79.9. The van der Waals surface area contributed by atoms with Crippen LogP contribution in [0.5, 0.6) is 0 Å². The van der Waals surface area contributed by atoms with Gasteiger partial charge >= 0.3 is 12.1 Å². The number of carbonyl (C=O) groups excluding carboxylic acids is 2. The number of esters is 1. The van der Waals surface area contributed by atoms with Crippen LogP contribution < -0.4 is 10.6 Å². The van der Waals surface area contributed by atoms with Crippen molar-refractivity contribution in [1.82, 2.24) is 9.78 Å². The molecule has 0 saturated heterocycles. The fraction of sp³-hybridized carbons (Fsp3) is 0.353. The van der Waals surface area contributed by atoms with Crippen LogP contribution in [-0.2, 0) is 9.53 Å². The molecule has 3 rings (SSSR count). The lowest BCUT2D eigenvalue weighted by Crippen LogP contribution is -2.37. The smallest absolute Gasteiger partial charge is 0.410 e. The van der Waals surface area contributed by atoms with Gasteiger partial charge in [-0.3, -0.25) is 4.79 Å². The molecule has 1 aliphatic rings. The first-order valence-electron chi connectivity index (χ1n) is 8.29. The molecular weight excluding hydrogens is 445 g/mol. The summed E-state index contributed by atoms with van der Waals surface area (Å²) >= 11 is 3.26. The maximum atomic E-state index is 13.2. The van der Waals surface area contributed by atoms with Crippen LogP contribution in [0, 0.1) is 0 Å². The summed E-state index contributed by atoms with van der Waals surface area (Å²) in [6.07, 6.45) is -4.70. The average molecular weight is 461 g/mol. The van der Waals surface area contributed by atoms with Crippen molar-refractivity contribution in [3.05, 3.63) is 40.5 Å². The van der Waals surface area contributed by atoms with Gasteiger partial charge in [0.2, 0.25) is 0 Å². The number of nitrogens with zero attached hydrogens (tertiary/aromatic N) is 2. The van der Waals surface area contributed by atoms with Crippen molar-refractivity contribution in [2.24, 2.45) is 0 Å². The van der Waals surface area contributed by atoms with Gasteiger partial charge in [0.1, 0.15) is 5.82 Å². The highest BCUT2D eigenvalue weighted by Gasteiger charge is 2.45. The number of hydrogen-bond donors (Lipinski definition) is 2. The number of aromatic nitrogens is 2. The molecule has 0 radical (unpaired) electrons. The van der Waals surface area contributed by atoms with Gasteiger partial charge in [-0.15, -0.1) is 0 Å². The summed E-state index contributed by atoms with van der Waals surface area (Å²) in [5.41, 5.74) is 0.204. The fourth-order valence-corrected chi connectivity index (χ4v) is 3.06. The molecule has 28 heavy (non-hydrogen) atoms. The van der Waals surface area contributed by atoms with Crippen LogP contribution in [-0.4, -0.2) is 40.5 Å². The lowest BCUT2D eigenvalue weighted by molar-refractivity contribution is -0.173. The molecule has 1 amide bonds. The van der Waals surface area contributed by atoms with Crippen molar-refractivity contribution in [2.75, 3.05) is 17.2 Å². The standard InChI is InChI=1S/C17H16BrF3N4O3/c1-9-6-13(17(19,20)21)25-14(22-9)7-12(24-25)16(27)28-8-15(26)23-11-4-2-10(18)3-5-11/h2-5,7,9,13,22H,6,8H2,1H3,(H,23,26)/t9-,13+/m0/s1. The second-order valence-electron chi connectivity index (χ2n) is 6.33. The molecular formula is C17H16BrF3N4O3. The zero-order chi connectivity index (χ0) is 20.5. The second-order valence-corrected chi connectivity index (χ2v) is 7.24. The second kappa shape index (κ2) is 7.82. The Bertz CT molecular complexity index is 883. The quantitative estimate of drug-likeness (QED) is 0.678. The summed E-state index contributed by atoms with van der Waals surface area (Å²) < 4.78 is 46.1. The maximum Gasteiger partial charge on any atom is 0.410 e. The Kier molecular flexibility index (Phi) is 5.64. The Hall–Kier alpha value is -2.56. The maximum absolute atomic E-state index is 13.2. The normalized spacial score (nSPS) is 18.8. The molecule has 0 bridgehead atoms. The van der Waals surface area contributed by atoms with Crippen molar-refractivity contribution in [2.45, 2.75) is 31.6 Å². The van der Waals surface area contributed by atoms with E-state index in [4.69, 9.17) is 4.74 Å². The van der Waals surface area contributed by atoms with Crippen LogP contribution in [0.2, 0.25) is 0 Å². The number of hydrogen-bond acceptors (Lipinski definition) is 5. The van der Waals surface area contributed by atoms with Gasteiger partial charge in [-0.1, -0.05) is 15.9 Å². The average Bonchev–Trinajstić information content (AvgIpc) is 3.04. The number of rotatable bonds is 4. The number of anilines is 2. The van der Waals surface area contributed by atoms with Crippen LogP contribution in [0.15, 0.2) is 34.8 Å². The molecule has 0 saturated carbocycles. The van der Waals surface area contributed by atoms with Crippen LogP contribution >= 0.6 is 15.9 Å². The first-order chi connectivity index (χ1) is 13.1. The fourth-order valence-electron chi connectivity index (χ4n) is 2.79. The minimum Gasteiger partial charge on any atom is -0.451 e. The van der Waals surface area contributed by atoms with Crippen LogP contribution in [0.4, 0.5) is 24.7 Å². The number of carbonyl (C=O) groups is 2. The van der Waals surface area contributed by atoms with Crippen LogP contribution in [0.3, 0.4) is 0 Å². The molecule has 1 aromatic carbocycles. The Morgan fingerprint density at radius 2 is 2.04 bits per heavy atom. The van der Waals surface area contributed by atoms with E-state index in [1.54, 1.807) is 31.2 Å². The number of alkyl halides is 3. The van der Waals surface area contributed by atoms with E-state index in [0.717, 1.165) is 9.15 Å². The van der Waals surface area contributed by atoms with E-state index < -0.39 is 36.7 Å². The third-order valence-corrected chi connectivity index (χ3v) is 4.58. The predicted octanol–water partition coefficient (Wildman–Crippen LogP) is 3.75. The summed E-state index contributed by atoms with van der Waals surface area (Å²) in [7, 11) is 0. The van der Waals surface area contributed by atoms with Gasteiger partial charge in [0.25, 0.3) is 5.91 Å². The number of halogens is 4. The van der Waals surface area contributed by atoms with Crippen molar-refractivity contribution in [3.8, 4) is 0 Å². The minimum absolute atomic E-state index is 0.0762. The van der Waals surface area contributed by atoms with E-state index in [0.29, 0.717) is 5.69 Å². The zero-order valence-corrected chi connectivity index (χ0v) is 16.2. The van der Waals surface area contributed by atoms with Crippen molar-refractivity contribution >= 4 is 39.3 Å². The molecule has 0 unspecified atom stereocenters. The van der Waals surface area contributed by atoms with Gasteiger partial charge in [-0.05, 0) is 37.6 Å². The summed E-state index contributed by atoms with van der Waals surface area (Å²) in [6, 6.07) is 5.67. The van der Waals surface area contributed by atoms with Gasteiger partial charge in [-0.25, -0.2) is 9.48 Å². The molecule has 0 fully saturated rings. The number of fused-ring (bicyclic) bond motifs is 1. The summed E-state index contributed by atoms with van der Waals surface area (Å²) in [6.45, 7) is 1.02. The first-order valence-corrected chi connectivity index (χ1v) is 9.08. The van der Waals surface area contributed by atoms with Crippen LogP contribution in [0.25, 0.3) is 0 Å². The van der Waals surface area contributed by atoms with E-state index in [1.807, 2.05) is 0 Å². The van der Waals surface area contributed by atoms with Crippen molar-refractivity contribution < 1.29 is 27.5 Å². The van der Waals surface area contributed by atoms with Crippen molar-refractivity contribution in [1.29, 1.82) is 0 Å². The van der Waals surface area contributed by atoms with E-state index in [1.165, 1.54) is 6.07 Å². The number of ether oxygens (including phenoxy) is 1. The Balaban J connectivity index is 1.64. The van der Waals surface area contributed by atoms with Gasteiger partial charge < -0.3 is 15.4 Å². The van der Waals surface area contributed by atoms with Crippen molar-refractivity contribution in [3.63, 3.8) is 0 Å². The monoisotopic (exact) mass is 460 g/mol. The summed E-state index contributed by atoms with van der Waals surface area (Å²) in [4.78, 5) is 24.0. The largest absolute Gasteiger partial charge is 0.451 e. The lowest BCUT2D eigenvalue weighted by Gasteiger charge is -2.31. The number of nitrogens with one attached hydrogen (secondary N) is 2. The molecule has 7 nitrogen and oxygen atoms in total. The van der Waals surface area contributed by atoms with Gasteiger partial charge in [-0.2, -0.15) is 18.3 Å². The summed E-state index contributed by atoms with van der Waals surface area (Å²) in [5, 5.41) is 9.11. The molecule has 11 heteroatoms. The molecule has 150 valence electrons. The number of amides is 1. The van der Waals surface area contributed by atoms with E-state index >= 15 is 0 Å². The predicted molar refractivity (Wildman–Crippen MR) is 98.1 cm³/mol. The Morgan fingerprint density at radius 3 is 2.68 bits per heavy atom. The molecule has 2 N–H and O–H groups in total. The third-order valence-electron chi connectivity index (χ3n) is 4.05. The molecule has 1 aromatic heterocycles. The molecule has 2 heterocycles. The van der Waals surface area contributed by atoms with E-state index in [9.17, 15) is 22.8 Å². The topological polar surface area (TPSA) is 85.2 Å². The molecule has 0 aliphatic carbocycles. The molecule has 2 atom stereocenters. The van der Waals surface area contributed by atoms with E-state index in [2.05, 4.69) is 31.7 Å². The number of benzene rings is 1. The summed E-state index contributed by atoms with van der Waals surface area (Å²) in [5.74, 6) is -1.49. The minimum atomic E-state index is -4.50. The van der Waals surface area contributed by atoms with Gasteiger partial charge in [0.15, 0.2) is 18.3 Å². The van der Waals surface area contributed by atoms with E-state index in [-0.39, 0.29) is 17.9 Å². The SMILES string of the molecule is C[C@H]1C[C@H](C(F)(F)F)n2nc(C(=O)OCC(=O)Nc3ccc(Br)cc3)cc2N1. The highest BCUT2D eigenvalue weighted by Crippen LogP contribution is 2.39.